The second kappa shape index (κ2) is 6.70. The molecular formula is C12H25N3. The largest absolute Gasteiger partial charge is 0.370 e. The normalized spacial score (nSPS) is 26.2. The molecule has 88 valence electrons. The van der Waals surface area contributed by atoms with Gasteiger partial charge in [0.2, 0.25) is 0 Å². The van der Waals surface area contributed by atoms with E-state index in [2.05, 4.69) is 11.9 Å². The monoisotopic (exact) mass is 211 g/mol. The number of guanidine groups is 1. The second-order valence-electron chi connectivity index (χ2n) is 4.79. The Hall–Kier alpha value is -0.730. The second-order valence-corrected chi connectivity index (χ2v) is 4.79. The molecule has 1 saturated carbocycles. The Kier molecular flexibility index (Phi) is 5.51. The van der Waals surface area contributed by atoms with E-state index in [0.29, 0.717) is 0 Å². The number of hydrogen-bond donors (Lipinski definition) is 2. The lowest BCUT2D eigenvalue weighted by Crippen LogP contribution is -2.25. The quantitative estimate of drug-likeness (QED) is 0.541. The highest BCUT2D eigenvalue weighted by molar-refractivity contribution is 5.75. The fourth-order valence-electron chi connectivity index (χ4n) is 2.43. The number of nitrogens with two attached hydrogens (primary N) is 2. The standard InChI is InChI=1S/C12H25N3/c1-2-3-4-10-5-7-11(8-6-10)9-15-12(13)14/h10-11H,2-9H2,1H3,(H4,13,14,15). The fraction of sp³-hybridized carbons (Fsp3) is 0.917. The molecule has 1 fully saturated rings. The van der Waals surface area contributed by atoms with Crippen LogP contribution >= 0.6 is 0 Å². The minimum Gasteiger partial charge on any atom is -0.370 e. The third-order valence-electron chi connectivity index (χ3n) is 3.46. The Morgan fingerprint density at radius 1 is 1.13 bits per heavy atom. The van der Waals surface area contributed by atoms with E-state index in [1.807, 2.05) is 0 Å². The van der Waals surface area contributed by atoms with Crippen molar-refractivity contribution in [2.24, 2.45) is 28.3 Å². The average Bonchev–Trinajstić information content (AvgIpc) is 2.25. The summed E-state index contributed by atoms with van der Waals surface area (Å²) in [5, 5.41) is 0. The van der Waals surface area contributed by atoms with Crippen molar-refractivity contribution in [2.45, 2.75) is 51.9 Å². The van der Waals surface area contributed by atoms with Crippen molar-refractivity contribution in [3.05, 3.63) is 0 Å². The Labute approximate surface area is 93.3 Å². The van der Waals surface area contributed by atoms with Gasteiger partial charge in [-0.2, -0.15) is 0 Å². The van der Waals surface area contributed by atoms with Crippen LogP contribution in [0.5, 0.6) is 0 Å². The molecule has 4 N–H and O–H groups in total. The van der Waals surface area contributed by atoms with Crippen LogP contribution in [0.25, 0.3) is 0 Å². The third kappa shape index (κ3) is 5.05. The smallest absolute Gasteiger partial charge is 0.185 e. The first kappa shape index (κ1) is 12.3. The summed E-state index contributed by atoms with van der Waals surface area (Å²) in [6.45, 7) is 3.10. The van der Waals surface area contributed by atoms with Crippen molar-refractivity contribution in [2.75, 3.05) is 6.54 Å². The summed E-state index contributed by atoms with van der Waals surface area (Å²) in [6.07, 6.45) is 9.52. The molecule has 0 saturated heterocycles. The highest BCUT2D eigenvalue weighted by Gasteiger charge is 2.20. The van der Waals surface area contributed by atoms with Crippen molar-refractivity contribution in [3.8, 4) is 0 Å². The summed E-state index contributed by atoms with van der Waals surface area (Å²) >= 11 is 0. The number of unbranched alkanes of at least 4 members (excludes halogenated alkanes) is 1. The molecule has 0 amide bonds. The van der Waals surface area contributed by atoms with Gasteiger partial charge in [0.1, 0.15) is 0 Å². The zero-order valence-corrected chi connectivity index (χ0v) is 9.91. The minimum atomic E-state index is 0.239. The van der Waals surface area contributed by atoms with Gasteiger partial charge in [-0.15, -0.1) is 0 Å². The van der Waals surface area contributed by atoms with Gasteiger partial charge in [-0.05, 0) is 24.7 Å². The highest BCUT2D eigenvalue weighted by atomic mass is 15.0. The lowest BCUT2D eigenvalue weighted by molar-refractivity contribution is 0.264. The summed E-state index contributed by atoms with van der Waals surface area (Å²) in [5.74, 6) is 1.94. The molecule has 0 aliphatic heterocycles. The minimum absolute atomic E-state index is 0.239. The van der Waals surface area contributed by atoms with Crippen molar-refractivity contribution in [1.82, 2.24) is 0 Å². The molecule has 3 nitrogen and oxygen atoms in total. The highest BCUT2D eigenvalue weighted by Crippen LogP contribution is 2.31. The van der Waals surface area contributed by atoms with Crippen LogP contribution in [0.2, 0.25) is 0 Å². The van der Waals surface area contributed by atoms with Crippen LogP contribution in [-0.2, 0) is 0 Å². The van der Waals surface area contributed by atoms with Crippen LogP contribution in [0.4, 0.5) is 0 Å². The van der Waals surface area contributed by atoms with E-state index in [-0.39, 0.29) is 5.96 Å². The van der Waals surface area contributed by atoms with Gasteiger partial charge < -0.3 is 11.5 Å². The molecule has 3 heteroatoms. The summed E-state index contributed by atoms with van der Waals surface area (Å²) in [6, 6.07) is 0. The van der Waals surface area contributed by atoms with Crippen LogP contribution in [0.1, 0.15) is 51.9 Å². The maximum absolute atomic E-state index is 5.33. The average molecular weight is 211 g/mol. The predicted octanol–water partition coefficient (Wildman–Crippen LogP) is 2.26. The fourth-order valence-corrected chi connectivity index (χ4v) is 2.43. The number of rotatable bonds is 5. The van der Waals surface area contributed by atoms with E-state index in [0.717, 1.165) is 18.4 Å². The zero-order valence-electron chi connectivity index (χ0n) is 9.91. The molecule has 0 spiro atoms. The molecule has 0 aromatic rings. The summed E-state index contributed by atoms with van der Waals surface area (Å²) in [7, 11) is 0. The molecule has 15 heavy (non-hydrogen) atoms. The molecule has 0 bridgehead atoms. The summed E-state index contributed by atoms with van der Waals surface area (Å²) in [5.41, 5.74) is 10.7. The Morgan fingerprint density at radius 2 is 1.73 bits per heavy atom. The molecule has 0 aromatic heterocycles. The lowest BCUT2D eigenvalue weighted by Gasteiger charge is -2.27. The van der Waals surface area contributed by atoms with Crippen LogP contribution in [0, 0.1) is 11.8 Å². The van der Waals surface area contributed by atoms with Crippen LogP contribution < -0.4 is 11.5 Å². The molecule has 1 rings (SSSR count). The van der Waals surface area contributed by atoms with Crippen LogP contribution in [0.15, 0.2) is 4.99 Å². The summed E-state index contributed by atoms with van der Waals surface area (Å²) in [4.78, 5) is 4.11. The predicted molar refractivity (Wildman–Crippen MR) is 65.6 cm³/mol. The third-order valence-corrected chi connectivity index (χ3v) is 3.46. The lowest BCUT2D eigenvalue weighted by atomic mass is 9.80. The first-order valence-corrected chi connectivity index (χ1v) is 6.27. The van der Waals surface area contributed by atoms with E-state index in [1.165, 1.54) is 44.9 Å². The van der Waals surface area contributed by atoms with E-state index >= 15 is 0 Å². The molecular weight excluding hydrogens is 186 g/mol. The SMILES string of the molecule is CCCCC1CCC(CN=C(N)N)CC1. The topological polar surface area (TPSA) is 64.4 Å². The molecule has 0 atom stereocenters. The van der Waals surface area contributed by atoms with Crippen molar-refractivity contribution in [1.29, 1.82) is 0 Å². The van der Waals surface area contributed by atoms with Gasteiger partial charge >= 0.3 is 0 Å². The first-order valence-electron chi connectivity index (χ1n) is 6.27. The Morgan fingerprint density at radius 3 is 2.27 bits per heavy atom. The van der Waals surface area contributed by atoms with Crippen LogP contribution in [-0.4, -0.2) is 12.5 Å². The molecule has 0 unspecified atom stereocenters. The van der Waals surface area contributed by atoms with Crippen LogP contribution in [0.3, 0.4) is 0 Å². The van der Waals surface area contributed by atoms with Gasteiger partial charge in [-0.25, -0.2) is 0 Å². The molecule has 0 radical (unpaired) electrons. The Balaban J connectivity index is 2.15. The maximum Gasteiger partial charge on any atom is 0.185 e. The molecule has 0 heterocycles. The summed E-state index contributed by atoms with van der Waals surface area (Å²) < 4.78 is 0. The van der Waals surface area contributed by atoms with Crippen molar-refractivity contribution in [3.63, 3.8) is 0 Å². The first-order chi connectivity index (χ1) is 7.22. The van der Waals surface area contributed by atoms with Gasteiger partial charge in [-0.1, -0.05) is 39.0 Å². The van der Waals surface area contributed by atoms with E-state index in [4.69, 9.17) is 11.5 Å². The number of hydrogen-bond acceptors (Lipinski definition) is 1. The van der Waals surface area contributed by atoms with E-state index in [1.54, 1.807) is 0 Å². The number of aliphatic imine (C=N–C) groups is 1. The Bertz CT molecular complexity index is 189. The van der Waals surface area contributed by atoms with Gasteiger partial charge in [0.05, 0.1) is 0 Å². The van der Waals surface area contributed by atoms with Gasteiger partial charge in [0, 0.05) is 6.54 Å². The van der Waals surface area contributed by atoms with Gasteiger partial charge in [0.15, 0.2) is 5.96 Å². The van der Waals surface area contributed by atoms with Crippen molar-refractivity contribution >= 4 is 5.96 Å². The van der Waals surface area contributed by atoms with E-state index in [9.17, 15) is 0 Å². The van der Waals surface area contributed by atoms with Gasteiger partial charge in [-0.3, -0.25) is 4.99 Å². The van der Waals surface area contributed by atoms with Crippen molar-refractivity contribution < 1.29 is 0 Å². The van der Waals surface area contributed by atoms with E-state index < -0.39 is 0 Å². The van der Waals surface area contributed by atoms with Gasteiger partial charge in [0.25, 0.3) is 0 Å². The maximum atomic E-state index is 5.33. The number of nitrogens with zero attached hydrogens (tertiary/aromatic N) is 1. The molecule has 0 aromatic carbocycles. The zero-order chi connectivity index (χ0) is 11.1. The molecule has 1 aliphatic rings. The molecule has 1 aliphatic carbocycles.